The number of hydrogen-bond donors (Lipinski definition) is 2. The first kappa shape index (κ1) is 15.3. The Hall–Kier alpha value is -2.14. The topological polar surface area (TPSA) is 74.6 Å². The van der Waals surface area contributed by atoms with Crippen molar-refractivity contribution in [3.63, 3.8) is 0 Å². The molecule has 1 atom stereocenters. The third-order valence-corrected chi connectivity index (χ3v) is 3.65. The van der Waals surface area contributed by atoms with Crippen LogP contribution < -0.4 is 0 Å². The molecule has 0 aliphatic rings. The van der Waals surface area contributed by atoms with Crippen molar-refractivity contribution < 1.29 is 19.8 Å². The van der Waals surface area contributed by atoms with E-state index in [1.54, 1.807) is 48.5 Å². The van der Waals surface area contributed by atoms with E-state index in [-0.39, 0.29) is 6.42 Å². The molecule has 2 rings (SSSR count). The SMILES string of the molecule is O=C(O)Cc1ccc(C(C(=O)O)c2ccc(Br)cc2)cc1. The summed E-state index contributed by atoms with van der Waals surface area (Å²) < 4.78 is 0.882. The number of carboxylic acids is 2. The molecule has 4 nitrogen and oxygen atoms in total. The van der Waals surface area contributed by atoms with Crippen LogP contribution in [0.15, 0.2) is 53.0 Å². The monoisotopic (exact) mass is 348 g/mol. The van der Waals surface area contributed by atoms with E-state index < -0.39 is 17.9 Å². The molecular weight excluding hydrogens is 336 g/mol. The highest BCUT2D eigenvalue weighted by Gasteiger charge is 2.21. The summed E-state index contributed by atoms with van der Waals surface area (Å²) in [7, 11) is 0. The first-order valence-corrected chi connectivity index (χ1v) is 7.05. The van der Waals surface area contributed by atoms with Crippen LogP contribution >= 0.6 is 15.9 Å². The molecule has 5 heteroatoms. The molecule has 0 saturated carbocycles. The lowest BCUT2D eigenvalue weighted by atomic mass is 9.91. The Balaban J connectivity index is 2.32. The predicted octanol–water partition coefficient (Wildman–Crippen LogP) is 3.29. The minimum atomic E-state index is -0.941. The van der Waals surface area contributed by atoms with Crippen LogP contribution in [0.4, 0.5) is 0 Å². The van der Waals surface area contributed by atoms with Crippen molar-refractivity contribution in [2.24, 2.45) is 0 Å². The fraction of sp³-hybridized carbons (Fsp3) is 0.125. The molecule has 0 heterocycles. The standard InChI is InChI=1S/C16H13BrO4/c17-13-7-5-12(6-8-13)15(16(20)21)11-3-1-10(2-4-11)9-14(18)19/h1-8,15H,9H2,(H,18,19)(H,20,21). The van der Waals surface area contributed by atoms with Crippen molar-refractivity contribution in [1.82, 2.24) is 0 Å². The molecule has 1 unspecified atom stereocenters. The van der Waals surface area contributed by atoms with Gasteiger partial charge in [-0.1, -0.05) is 52.3 Å². The van der Waals surface area contributed by atoms with Gasteiger partial charge < -0.3 is 10.2 Å². The van der Waals surface area contributed by atoms with E-state index in [1.807, 2.05) is 0 Å². The Labute approximate surface area is 130 Å². The fourth-order valence-corrected chi connectivity index (χ4v) is 2.40. The van der Waals surface area contributed by atoms with E-state index >= 15 is 0 Å². The normalized spacial score (nSPS) is 11.9. The van der Waals surface area contributed by atoms with Gasteiger partial charge in [0.2, 0.25) is 0 Å². The summed E-state index contributed by atoms with van der Waals surface area (Å²) >= 11 is 3.32. The van der Waals surface area contributed by atoms with Crippen LogP contribution in [-0.2, 0) is 16.0 Å². The lowest BCUT2D eigenvalue weighted by Crippen LogP contribution is -2.13. The first-order chi connectivity index (χ1) is 9.97. The third kappa shape index (κ3) is 3.92. The summed E-state index contributed by atoms with van der Waals surface area (Å²) in [6.07, 6.45) is -0.0731. The average molecular weight is 349 g/mol. The van der Waals surface area contributed by atoms with Gasteiger partial charge in [0.05, 0.1) is 6.42 Å². The zero-order valence-corrected chi connectivity index (χ0v) is 12.6. The quantitative estimate of drug-likeness (QED) is 0.869. The molecule has 0 aliphatic heterocycles. The Morgan fingerprint density at radius 3 is 1.81 bits per heavy atom. The van der Waals surface area contributed by atoms with Crippen LogP contribution in [0.25, 0.3) is 0 Å². The van der Waals surface area contributed by atoms with Gasteiger partial charge in [-0.2, -0.15) is 0 Å². The van der Waals surface area contributed by atoms with Gasteiger partial charge in [-0.3, -0.25) is 9.59 Å². The number of hydrogen-bond acceptors (Lipinski definition) is 2. The van der Waals surface area contributed by atoms with E-state index in [2.05, 4.69) is 15.9 Å². The number of benzene rings is 2. The van der Waals surface area contributed by atoms with Gasteiger partial charge in [-0.05, 0) is 28.8 Å². The van der Waals surface area contributed by atoms with Gasteiger partial charge in [0.15, 0.2) is 0 Å². The number of rotatable bonds is 5. The molecule has 108 valence electrons. The van der Waals surface area contributed by atoms with Crippen molar-refractivity contribution in [1.29, 1.82) is 0 Å². The second kappa shape index (κ2) is 6.54. The summed E-state index contributed by atoms with van der Waals surface area (Å²) in [5.74, 6) is -2.62. The maximum Gasteiger partial charge on any atom is 0.315 e. The van der Waals surface area contributed by atoms with E-state index in [0.717, 1.165) is 4.47 Å². The summed E-state index contributed by atoms with van der Waals surface area (Å²) in [4.78, 5) is 22.2. The predicted molar refractivity (Wildman–Crippen MR) is 81.4 cm³/mol. The molecule has 0 aliphatic carbocycles. The van der Waals surface area contributed by atoms with Gasteiger partial charge in [0.25, 0.3) is 0 Å². The summed E-state index contributed by atoms with van der Waals surface area (Å²) in [6.45, 7) is 0. The number of halogens is 1. The molecule has 0 aromatic heterocycles. The fourth-order valence-electron chi connectivity index (χ4n) is 2.14. The molecule has 0 spiro atoms. The zero-order valence-electron chi connectivity index (χ0n) is 11.0. The number of aliphatic carboxylic acids is 2. The minimum Gasteiger partial charge on any atom is -0.481 e. The van der Waals surface area contributed by atoms with Crippen LogP contribution in [0.5, 0.6) is 0 Å². The maximum atomic E-state index is 11.5. The Morgan fingerprint density at radius 1 is 0.905 bits per heavy atom. The van der Waals surface area contributed by atoms with Crippen LogP contribution in [0.1, 0.15) is 22.6 Å². The van der Waals surface area contributed by atoms with Crippen LogP contribution in [0.2, 0.25) is 0 Å². The zero-order chi connectivity index (χ0) is 15.4. The third-order valence-electron chi connectivity index (χ3n) is 3.12. The molecule has 0 fully saturated rings. The molecule has 2 N–H and O–H groups in total. The lowest BCUT2D eigenvalue weighted by molar-refractivity contribution is -0.138. The minimum absolute atomic E-state index is 0.0731. The van der Waals surface area contributed by atoms with Gasteiger partial charge in [0, 0.05) is 4.47 Å². The van der Waals surface area contributed by atoms with E-state index in [0.29, 0.717) is 16.7 Å². The van der Waals surface area contributed by atoms with Crippen molar-refractivity contribution in [2.75, 3.05) is 0 Å². The van der Waals surface area contributed by atoms with Crippen LogP contribution in [0, 0.1) is 0 Å². The molecule has 0 amide bonds. The summed E-state index contributed by atoms with van der Waals surface area (Å²) in [5.41, 5.74) is 1.95. The largest absolute Gasteiger partial charge is 0.481 e. The molecule has 2 aromatic carbocycles. The highest BCUT2D eigenvalue weighted by atomic mass is 79.9. The molecule has 2 aromatic rings. The van der Waals surface area contributed by atoms with E-state index in [1.165, 1.54) is 0 Å². The molecular formula is C16H13BrO4. The Bertz CT molecular complexity index is 647. The molecule has 0 saturated heterocycles. The van der Waals surface area contributed by atoms with Crippen LogP contribution in [-0.4, -0.2) is 22.2 Å². The molecule has 0 bridgehead atoms. The van der Waals surface area contributed by atoms with Crippen molar-refractivity contribution in [2.45, 2.75) is 12.3 Å². The number of carboxylic acid groups (broad SMARTS) is 2. The average Bonchev–Trinajstić information content (AvgIpc) is 2.42. The maximum absolute atomic E-state index is 11.5. The first-order valence-electron chi connectivity index (χ1n) is 6.26. The van der Waals surface area contributed by atoms with Gasteiger partial charge in [-0.25, -0.2) is 0 Å². The van der Waals surface area contributed by atoms with Gasteiger partial charge in [-0.15, -0.1) is 0 Å². The molecule has 0 radical (unpaired) electrons. The Kier molecular flexibility index (Phi) is 4.75. The smallest absolute Gasteiger partial charge is 0.315 e. The van der Waals surface area contributed by atoms with Crippen molar-refractivity contribution in [3.8, 4) is 0 Å². The summed E-state index contributed by atoms with van der Waals surface area (Å²) in [5, 5.41) is 18.2. The van der Waals surface area contributed by atoms with E-state index in [9.17, 15) is 14.7 Å². The van der Waals surface area contributed by atoms with Gasteiger partial charge >= 0.3 is 11.9 Å². The highest BCUT2D eigenvalue weighted by molar-refractivity contribution is 9.10. The summed E-state index contributed by atoms with van der Waals surface area (Å²) in [6, 6.07) is 13.7. The second-order valence-electron chi connectivity index (χ2n) is 4.63. The van der Waals surface area contributed by atoms with E-state index in [4.69, 9.17) is 5.11 Å². The van der Waals surface area contributed by atoms with Gasteiger partial charge in [0.1, 0.15) is 5.92 Å². The lowest BCUT2D eigenvalue weighted by Gasteiger charge is -2.14. The highest BCUT2D eigenvalue weighted by Crippen LogP contribution is 2.26. The van der Waals surface area contributed by atoms with Crippen molar-refractivity contribution >= 4 is 27.9 Å². The second-order valence-corrected chi connectivity index (χ2v) is 5.55. The Morgan fingerprint density at radius 2 is 1.38 bits per heavy atom. The van der Waals surface area contributed by atoms with Crippen LogP contribution in [0.3, 0.4) is 0 Å². The number of carbonyl (C=O) groups is 2. The molecule has 21 heavy (non-hydrogen) atoms. The van der Waals surface area contributed by atoms with Crippen molar-refractivity contribution in [3.05, 3.63) is 69.7 Å².